The maximum Gasteiger partial charge on any atom is 0.330 e. The van der Waals surface area contributed by atoms with Crippen LogP contribution in [0.25, 0.3) is 0 Å². The molecule has 0 radical (unpaired) electrons. The maximum atomic E-state index is 13.4. The van der Waals surface area contributed by atoms with Crippen molar-refractivity contribution in [3.8, 4) is 5.75 Å². The van der Waals surface area contributed by atoms with E-state index in [0.29, 0.717) is 0 Å². The first-order chi connectivity index (χ1) is 17.2. The van der Waals surface area contributed by atoms with Crippen molar-refractivity contribution in [1.29, 1.82) is 0 Å². The van der Waals surface area contributed by atoms with Crippen molar-refractivity contribution >= 4 is 24.4 Å². The molecule has 0 amide bonds. The highest BCUT2D eigenvalue weighted by molar-refractivity contribution is 8.09. The second-order valence-electron chi connectivity index (χ2n) is 8.89. The Morgan fingerprint density at radius 3 is 2.54 bits per heavy atom. The van der Waals surface area contributed by atoms with E-state index in [9.17, 15) is 29.0 Å². The van der Waals surface area contributed by atoms with Gasteiger partial charge in [-0.2, -0.15) is 0 Å². The van der Waals surface area contributed by atoms with Gasteiger partial charge < -0.3 is 28.7 Å². The lowest BCUT2D eigenvalue weighted by molar-refractivity contribution is -0.149. The Balaban J connectivity index is 1.81. The highest BCUT2D eigenvalue weighted by atomic mass is 32.5. The lowest BCUT2D eigenvalue weighted by Crippen LogP contribution is -2.47. The topological polar surface area (TPSA) is 161 Å². The van der Waals surface area contributed by atoms with E-state index in [1.54, 1.807) is 13.8 Å². The normalized spacial score (nSPS) is 26.0. The largest absolute Gasteiger partial charge is 0.462 e. The number of carbonyl (C=O) groups is 1. The average molecular weight is 562 g/mol. The Morgan fingerprint density at radius 1 is 1.30 bits per heavy atom. The number of aliphatic hydroxyl groups excluding tert-OH is 1. The van der Waals surface area contributed by atoms with E-state index in [4.69, 9.17) is 30.3 Å². The molecule has 1 fully saturated rings. The number of ether oxygens (including phenoxy) is 2. The van der Waals surface area contributed by atoms with Gasteiger partial charge in [-0.1, -0.05) is 0 Å². The number of nitrogens with one attached hydrogen (secondary N) is 2. The second kappa shape index (κ2) is 11.5. The van der Waals surface area contributed by atoms with Gasteiger partial charge in [0.1, 0.15) is 35.4 Å². The number of aromatic nitrogens is 2. The van der Waals surface area contributed by atoms with Crippen LogP contribution in [0.2, 0.25) is 0 Å². The zero-order valence-corrected chi connectivity index (χ0v) is 22.2. The summed E-state index contributed by atoms with van der Waals surface area (Å²) in [5, 5.41) is 24.4. The van der Waals surface area contributed by atoms with Crippen molar-refractivity contribution in [2.45, 2.75) is 63.9 Å². The second-order valence-corrected chi connectivity index (χ2v) is 12.0. The number of hydrogen-bond acceptors (Lipinski definition) is 10. The molecule has 1 saturated heterocycles. The fourth-order valence-electron chi connectivity index (χ4n) is 3.51. The van der Waals surface area contributed by atoms with Gasteiger partial charge in [-0.25, -0.2) is 14.3 Å². The molecule has 1 aliphatic rings. The summed E-state index contributed by atoms with van der Waals surface area (Å²) in [6, 6.07) is 5.05. The molecular formula is C22H29FN3O9PS. The fourth-order valence-corrected chi connectivity index (χ4v) is 5.93. The van der Waals surface area contributed by atoms with Gasteiger partial charge in [0.2, 0.25) is 0 Å². The monoisotopic (exact) mass is 561 g/mol. The molecule has 37 heavy (non-hydrogen) atoms. The van der Waals surface area contributed by atoms with Crippen LogP contribution in [0.4, 0.5) is 4.39 Å². The number of carbonyl (C=O) groups excluding carboxylic acids is 1. The number of rotatable bonds is 10. The molecule has 1 aromatic heterocycles. The van der Waals surface area contributed by atoms with Crippen LogP contribution in [-0.2, 0) is 30.6 Å². The first kappa shape index (κ1) is 29.1. The summed E-state index contributed by atoms with van der Waals surface area (Å²) in [7, 11) is 0. The van der Waals surface area contributed by atoms with Gasteiger partial charge in [-0.15, -0.1) is 0 Å². The minimum Gasteiger partial charge on any atom is -0.462 e. The molecule has 0 aliphatic carbocycles. The summed E-state index contributed by atoms with van der Waals surface area (Å²) in [5.74, 6) is -0.969. The summed E-state index contributed by atoms with van der Waals surface area (Å²) in [6.45, 7) is 2.12. The number of aromatic amines is 1. The molecule has 1 aromatic carbocycles. The van der Waals surface area contributed by atoms with E-state index in [0.717, 1.165) is 29.0 Å². The number of hydrogen-bond donors (Lipinski definition) is 4. The van der Waals surface area contributed by atoms with Crippen LogP contribution in [0.1, 0.15) is 33.9 Å². The van der Waals surface area contributed by atoms with Crippen LogP contribution in [0.5, 0.6) is 5.75 Å². The molecule has 204 valence electrons. The van der Waals surface area contributed by atoms with E-state index in [1.165, 1.54) is 26.0 Å². The van der Waals surface area contributed by atoms with Crippen LogP contribution in [0.15, 0.2) is 46.1 Å². The lowest BCUT2D eigenvalue weighted by atomic mass is 9.96. The Morgan fingerprint density at radius 2 is 1.95 bits per heavy atom. The van der Waals surface area contributed by atoms with Gasteiger partial charge in [0.05, 0.1) is 12.7 Å². The maximum absolute atomic E-state index is 13.4. The minimum absolute atomic E-state index is 0.152. The Labute approximate surface area is 216 Å². The molecule has 6 atom stereocenters. The predicted molar refractivity (Wildman–Crippen MR) is 133 cm³/mol. The smallest absolute Gasteiger partial charge is 0.330 e. The number of nitrogens with zero attached hydrogens (tertiary/aromatic N) is 1. The first-order valence-corrected chi connectivity index (χ1v) is 13.9. The average Bonchev–Trinajstić information content (AvgIpc) is 3.02. The van der Waals surface area contributed by atoms with Crippen LogP contribution < -0.4 is 20.9 Å². The molecule has 4 N–H and O–H groups in total. The molecule has 3 rings (SSSR count). The van der Waals surface area contributed by atoms with Crippen LogP contribution >= 0.6 is 6.64 Å². The van der Waals surface area contributed by atoms with Gasteiger partial charge in [-0.3, -0.25) is 19.1 Å². The van der Waals surface area contributed by atoms with Crippen molar-refractivity contribution in [3.05, 3.63) is 63.2 Å². The van der Waals surface area contributed by atoms with Crippen molar-refractivity contribution in [2.24, 2.45) is 0 Å². The van der Waals surface area contributed by atoms with Gasteiger partial charge in [-0.05, 0) is 63.8 Å². The van der Waals surface area contributed by atoms with Crippen LogP contribution in [0.3, 0.4) is 0 Å². The third-order valence-corrected chi connectivity index (χ3v) is 7.86. The van der Waals surface area contributed by atoms with Crippen molar-refractivity contribution in [3.63, 3.8) is 0 Å². The molecule has 12 nitrogen and oxygen atoms in total. The summed E-state index contributed by atoms with van der Waals surface area (Å²) in [4.78, 5) is 38.0. The number of benzene rings is 1. The zero-order valence-electron chi connectivity index (χ0n) is 20.5. The summed E-state index contributed by atoms with van der Waals surface area (Å²) in [6.07, 6.45) is -3.37. The number of halogens is 1. The zero-order chi connectivity index (χ0) is 27.5. The molecule has 0 saturated carbocycles. The first-order valence-electron chi connectivity index (χ1n) is 11.3. The summed E-state index contributed by atoms with van der Waals surface area (Å²) < 4.78 is 36.8. The van der Waals surface area contributed by atoms with Gasteiger partial charge in [0, 0.05) is 12.3 Å². The molecule has 1 aliphatic heterocycles. The lowest BCUT2D eigenvalue weighted by Gasteiger charge is -2.28. The molecule has 1 unspecified atom stereocenters. The minimum atomic E-state index is -3.57. The molecule has 0 spiro atoms. The fraction of sp³-hybridized carbons (Fsp3) is 0.500. The number of esters is 1. The van der Waals surface area contributed by atoms with Crippen LogP contribution in [-0.4, -0.2) is 62.3 Å². The van der Waals surface area contributed by atoms with E-state index in [1.807, 2.05) is 0 Å². The van der Waals surface area contributed by atoms with E-state index in [2.05, 4.69) is 10.1 Å². The van der Waals surface area contributed by atoms with Gasteiger partial charge in [0.15, 0.2) is 6.23 Å². The van der Waals surface area contributed by atoms with Crippen molar-refractivity contribution in [2.75, 3.05) is 6.61 Å². The van der Waals surface area contributed by atoms with Crippen LogP contribution in [0, 0.1) is 5.82 Å². The van der Waals surface area contributed by atoms with E-state index in [-0.39, 0.29) is 11.9 Å². The third-order valence-electron chi connectivity index (χ3n) is 5.36. The highest BCUT2D eigenvalue weighted by Gasteiger charge is 2.53. The Kier molecular flexibility index (Phi) is 9.06. The molecule has 15 heteroatoms. The molecular weight excluding hydrogens is 532 g/mol. The van der Waals surface area contributed by atoms with E-state index < -0.39 is 66.4 Å². The third kappa shape index (κ3) is 7.11. The number of H-pyrrole nitrogens is 1. The summed E-state index contributed by atoms with van der Waals surface area (Å²) in [5.41, 5.74) is -3.46. The SMILES string of the molecule is CC(C)OC(=O)[C@H](C)NP(=S)(OC[C@H]1O[C@@H](n2ccc(=O)[nH]c2=O)[C@](C)(O)[C@@H]1O)Oc1ccc(F)cc1. The summed E-state index contributed by atoms with van der Waals surface area (Å²) >= 11 is 5.57. The van der Waals surface area contributed by atoms with Gasteiger partial charge in [0.25, 0.3) is 5.56 Å². The Bertz CT molecular complexity index is 1270. The van der Waals surface area contributed by atoms with Crippen molar-refractivity contribution < 1.29 is 37.9 Å². The number of aliphatic hydroxyl groups is 2. The highest BCUT2D eigenvalue weighted by Crippen LogP contribution is 2.47. The molecule has 0 bridgehead atoms. The quantitative estimate of drug-likeness (QED) is 0.241. The molecule has 2 aromatic rings. The molecule has 2 heterocycles. The Hall–Kier alpha value is -2.45. The standard InChI is InChI=1S/C22H29FN3O9PS/c1-12(2)33-19(29)13(3)25-36(37,35-15-7-5-14(23)6-8-15)32-11-16-18(28)22(4,31)20(34-16)26-10-9-17(27)24-21(26)30/h5-10,12-13,16,18,20,28,31H,11H2,1-4H3,(H,25,37)(H,24,27,30)/t13-,16+,18+,20+,22+,36?/m0/s1. The van der Waals surface area contributed by atoms with Crippen molar-refractivity contribution in [1.82, 2.24) is 14.6 Å². The predicted octanol–water partition coefficient (Wildman–Crippen LogP) is 0.935. The van der Waals surface area contributed by atoms with Gasteiger partial charge >= 0.3 is 18.3 Å². The van der Waals surface area contributed by atoms with E-state index >= 15 is 0 Å².